The van der Waals surface area contributed by atoms with E-state index in [1.807, 2.05) is 27.7 Å². The summed E-state index contributed by atoms with van der Waals surface area (Å²) >= 11 is 0. The van der Waals surface area contributed by atoms with Gasteiger partial charge in [0.15, 0.2) is 5.25 Å². The van der Waals surface area contributed by atoms with Crippen molar-refractivity contribution in [2.24, 2.45) is 0 Å². The summed E-state index contributed by atoms with van der Waals surface area (Å²) in [5, 5.41) is -1.99. The van der Waals surface area contributed by atoms with Crippen LogP contribution in [0.4, 0.5) is 0 Å². The largest absolute Gasteiger partial charge is 0.459 e. The average Bonchev–Trinajstić information content (AvgIpc) is 2.75. The van der Waals surface area contributed by atoms with Gasteiger partial charge in [-0.25, -0.2) is 0 Å². The van der Waals surface area contributed by atoms with E-state index in [1.54, 1.807) is 0 Å². The minimum Gasteiger partial charge on any atom is -0.459 e. The van der Waals surface area contributed by atoms with E-state index in [0.29, 0.717) is 38.5 Å². The van der Waals surface area contributed by atoms with Crippen LogP contribution in [0.5, 0.6) is 0 Å². The van der Waals surface area contributed by atoms with Crippen molar-refractivity contribution < 1.29 is 32.0 Å². The zero-order valence-electron chi connectivity index (χ0n) is 21.1. The Kier molecular flexibility index (Phi) is 14.4. The topological polar surface area (TPSA) is 107 Å². The molecule has 32 heavy (non-hydrogen) atoms. The molecule has 0 aliphatic carbocycles. The first-order valence-corrected chi connectivity index (χ1v) is 13.9. The summed E-state index contributed by atoms with van der Waals surface area (Å²) in [6.45, 7) is 11.8. The summed E-state index contributed by atoms with van der Waals surface area (Å²) in [5.74, 6) is -1.90. The van der Waals surface area contributed by atoms with E-state index < -0.39 is 44.9 Å². The van der Waals surface area contributed by atoms with Crippen molar-refractivity contribution in [2.45, 2.75) is 141 Å². The molecule has 0 aliphatic rings. The summed E-state index contributed by atoms with van der Waals surface area (Å²) in [7, 11) is -4.84. The molecule has 7 nitrogen and oxygen atoms in total. The van der Waals surface area contributed by atoms with Crippen LogP contribution < -0.4 is 0 Å². The molecule has 190 valence electrons. The molecule has 0 rings (SSSR count). The van der Waals surface area contributed by atoms with Crippen LogP contribution in [-0.2, 0) is 29.2 Å². The SMILES string of the molecule is CCCCCC(CC)(CC)OC(=O)CC(C(=O)OC(CC)(CC)CCCCC)S(=O)(=O)O. The molecule has 0 radical (unpaired) electrons. The summed E-state index contributed by atoms with van der Waals surface area (Å²) in [5.41, 5.74) is -1.51. The molecule has 0 saturated heterocycles. The molecule has 1 atom stereocenters. The van der Waals surface area contributed by atoms with Crippen molar-refractivity contribution in [2.75, 3.05) is 0 Å². The number of carbonyl (C=O) groups excluding carboxylic acids is 2. The average molecular weight is 479 g/mol. The van der Waals surface area contributed by atoms with Crippen molar-refractivity contribution in [3.8, 4) is 0 Å². The number of ether oxygens (including phenoxy) is 2. The van der Waals surface area contributed by atoms with E-state index in [1.165, 1.54) is 0 Å². The highest BCUT2D eigenvalue weighted by Crippen LogP contribution is 2.31. The molecule has 0 aliphatic heterocycles. The highest BCUT2D eigenvalue weighted by Gasteiger charge is 2.41. The van der Waals surface area contributed by atoms with Crippen molar-refractivity contribution in [1.29, 1.82) is 0 Å². The fourth-order valence-electron chi connectivity index (χ4n) is 4.02. The summed E-state index contributed by atoms with van der Waals surface area (Å²) in [6, 6.07) is 0. The molecule has 0 aromatic heterocycles. The second kappa shape index (κ2) is 14.9. The normalized spacial score (nSPS) is 13.6. The summed E-state index contributed by atoms with van der Waals surface area (Å²) in [6.07, 6.45) is 8.50. The second-order valence-electron chi connectivity index (χ2n) is 8.80. The zero-order chi connectivity index (χ0) is 24.8. The highest BCUT2D eigenvalue weighted by molar-refractivity contribution is 7.87. The Hall–Kier alpha value is -1.15. The third kappa shape index (κ3) is 10.2. The van der Waals surface area contributed by atoms with Gasteiger partial charge in [-0.15, -0.1) is 0 Å². The number of rotatable bonds is 18. The molecule has 0 bridgehead atoms. The van der Waals surface area contributed by atoms with Gasteiger partial charge in [-0.2, -0.15) is 8.42 Å². The number of hydrogen-bond donors (Lipinski definition) is 1. The molecular weight excluding hydrogens is 432 g/mol. The van der Waals surface area contributed by atoms with Crippen LogP contribution in [0, 0.1) is 0 Å². The Balaban J connectivity index is 5.49. The summed E-state index contributed by atoms with van der Waals surface area (Å²) in [4.78, 5) is 25.5. The first-order valence-electron chi connectivity index (χ1n) is 12.4. The third-order valence-electron chi connectivity index (χ3n) is 6.67. The predicted octanol–water partition coefficient (Wildman–Crippen LogP) is 6.00. The maximum absolute atomic E-state index is 12.8. The van der Waals surface area contributed by atoms with Gasteiger partial charge in [0.25, 0.3) is 10.1 Å². The lowest BCUT2D eigenvalue weighted by atomic mass is 9.90. The molecule has 0 aromatic rings. The van der Waals surface area contributed by atoms with Gasteiger partial charge in [-0.1, -0.05) is 67.2 Å². The minimum atomic E-state index is -4.84. The smallest absolute Gasteiger partial charge is 0.328 e. The van der Waals surface area contributed by atoms with Gasteiger partial charge < -0.3 is 9.47 Å². The second-order valence-corrected chi connectivity index (χ2v) is 10.4. The quantitative estimate of drug-likeness (QED) is 0.146. The standard InChI is InChI=1S/C24H46O7S/c1-7-13-15-17-23(9-3,10-4)30-21(25)19-20(32(27,28)29)22(26)31-24(11-5,12-6)18-16-14-8-2/h20H,7-19H2,1-6H3,(H,27,28,29). The maximum Gasteiger partial charge on any atom is 0.328 e. The van der Waals surface area contributed by atoms with Crippen molar-refractivity contribution in [3.63, 3.8) is 0 Å². The Morgan fingerprint density at radius 1 is 0.750 bits per heavy atom. The van der Waals surface area contributed by atoms with Gasteiger partial charge in [0, 0.05) is 0 Å². The first-order chi connectivity index (χ1) is 15.0. The van der Waals surface area contributed by atoms with E-state index in [4.69, 9.17) is 9.47 Å². The first kappa shape index (κ1) is 30.9. The Labute approximate surface area is 195 Å². The fraction of sp³-hybridized carbons (Fsp3) is 0.917. The van der Waals surface area contributed by atoms with Crippen LogP contribution in [0.1, 0.15) is 125 Å². The Morgan fingerprint density at radius 3 is 1.50 bits per heavy atom. The van der Waals surface area contributed by atoms with Crippen LogP contribution in [0.3, 0.4) is 0 Å². The Morgan fingerprint density at radius 2 is 1.16 bits per heavy atom. The molecule has 0 aromatic carbocycles. The molecule has 0 saturated carbocycles. The lowest BCUT2D eigenvalue weighted by molar-refractivity contribution is -0.168. The molecule has 0 fully saturated rings. The van der Waals surface area contributed by atoms with Gasteiger partial charge in [-0.05, 0) is 51.4 Å². The molecule has 0 heterocycles. The predicted molar refractivity (Wildman–Crippen MR) is 127 cm³/mol. The monoisotopic (exact) mass is 478 g/mol. The number of hydrogen-bond acceptors (Lipinski definition) is 6. The Bertz CT molecular complexity index is 649. The lowest BCUT2D eigenvalue weighted by Crippen LogP contribution is -2.43. The number of unbranched alkanes of at least 4 members (excludes halogenated alkanes) is 4. The zero-order valence-corrected chi connectivity index (χ0v) is 21.9. The molecule has 1 unspecified atom stereocenters. The van der Waals surface area contributed by atoms with Gasteiger partial charge in [0.2, 0.25) is 0 Å². The number of carbonyl (C=O) groups is 2. The van der Waals surface area contributed by atoms with Crippen LogP contribution in [0.15, 0.2) is 0 Å². The third-order valence-corrected chi connectivity index (χ3v) is 7.75. The van der Waals surface area contributed by atoms with E-state index in [-0.39, 0.29) is 0 Å². The van der Waals surface area contributed by atoms with E-state index in [2.05, 4.69) is 13.8 Å². The highest BCUT2D eigenvalue weighted by atomic mass is 32.2. The van der Waals surface area contributed by atoms with E-state index in [9.17, 15) is 22.6 Å². The molecule has 0 spiro atoms. The maximum atomic E-state index is 12.8. The van der Waals surface area contributed by atoms with Crippen molar-refractivity contribution in [1.82, 2.24) is 0 Å². The van der Waals surface area contributed by atoms with Gasteiger partial charge in [-0.3, -0.25) is 14.1 Å². The molecule has 0 amide bonds. The van der Waals surface area contributed by atoms with Gasteiger partial charge in [0.05, 0.1) is 6.42 Å². The van der Waals surface area contributed by atoms with Crippen LogP contribution in [-0.4, -0.2) is 41.4 Å². The minimum absolute atomic E-state index is 0.522. The van der Waals surface area contributed by atoms with Gasteiger partial charge >= 0.3 is 11.9 Å². The van der Waals surface area contributed by atoms with E-state index in [0.717, 1.165) is 38.5 Å². The van der Waals surface area contributed by atoms with E-state index >= 15 is 0 Å². The molecule has 8 heteroatoms. The van der Waals surface area contributed by atoms with Crippen molar-refractivity contribution in [3.05, 3.63) is 0 Å². The van der Waals surface area contributed by atoms with Crippen LogP contribution in [0.2, 0.25) is 0 Å². The summed E-state index contributed by atoms with van der Waals surface area (Å²) < 4.78 is 45.0. The fourth-order valence-corrected chi connectivity index (χ4v) is 4.65. The lowest BCUT2D eigenvalue weighted by Gasteiger charge is -2.34. The van der Waals surface area contributed by atoms with Crippen LogP contribution >= 0.6 is 0 Å². The molecule has 1 N–H and O–H groups in total. The van der Waals surface area contributed by atoms with Gasteiger partial charge in [0.1, 0.15) is 11.2 Å². The molecular formula is C24H46O7S. The van der Waals surface area contributed by atoms with Crippen LogP contribution in [0.25, 0.3) is 0 Å². The number of esters is 2. The van der Waals surface area contributed by atoms with Crippen molar-refractivity contribution >= 4 is 22.1 Å².